The predicted molar refractivity (Wildman–Crippen MR) is 136 cm³/mol. The van der Waals surface area contributed by atoms with Gasteiger partial charge in [0.15, 0.2) is 28.4 Å². The summed E-state index contributed by atoms with van der Waals surface area (Å²) in [6.07, 6.45) is -0.634. The Morgan fingerprint density at radius 3 is 2.05 bits per heavy atom. The maximum Gasteiger partial charge on any atom is 0.337 e. The molecule has 0 saturated carbocycles. The molecule has 0 bridgehead atoms. The monoisotopic (exact) mass is 578 g/mol. The van der Waals surface area contributed by atoms with E-state index in [1.807, 2.05) is 5.43 Å². The van der Waals surface area contributed by atoms with Crippen LogP contribution in [-0.2, 0) is 20.9 Å². The van der Waals surface area contributed by atoms with Crippen LogP contribution in [0.2, 0.25) is 0 Å². The van der Waals surface area contributed by atoms with E-state index in [0.29, 0.717) is 10.6 Å². The third kappa shape index (κ3) is 5.57. The Kier molecular flexibility index (Phi) is 8.28. The van der Waals surface area contributed by atoms with Gasteiger partial charge in [-0.05, 0) is 42.0 Å². The van der Waals surface area contributed by atoms with Crippen molar-refractivity contribution in [2.75, 3.05) is 17.9 Å². The van der Waals surface area contributed by atoms with Crippen LogP contribution in [0.15, 0.2) is 54.6 Å². The highest BCUT2D eigenvalue weighted by atomic mass is 32.1. The summed E-state index contributed by atoms with van der Waals surface area (Å²) in [6, 6.07) is 12.5. The van der Waals surface area contributed by atoms with Crippen molar-refractivity contribution in [2.24, 2.45) is 0 Å². The number of thiocarbonyl (C=S) groups is 1. The van der Waals surface area contributed by atoms with Crippen molar-refractivity contribution in [1.29, 1.82) is 0 Å². The summed E-state index contributed by atoms with van der Waals surface area (Å²) < 4.78 is 74.8. The number of nitrogens with one attached hydrogen (secondary N) is 2. The van der Waals surface area contributed by atoms with Crippen molar-refractivity contribution in [3.05, 3.63) is 94.8 Å². The summed E-state index contributed by atoms with van der Waals surface area (Å²) in [7, 11) is 1.20. The lowest BCUT2D eigenvalue weighted by Gasteiger charge is -2.26. The van der Waals surface area contributed by atoms with Crippen LogP contribution in [0.5, 0.6) is 0 Å². The van der Waals surface area contributed by atoms with E-state index in [0.717, 1.165) is 4.90 Å². The fraction of sp³-hybridized carbons (Fsp3) is 0.154. The molecule has 1 unspecified atom stereocenters. The smallest absolute Gasteiger partial charge is 0.337 e. The Morgan fingerprint density at radius 1 is 0.900 bits per heavy atom. The minimum absolute atomic E-state index is 0.0963. The molecule has 2 amide bonds. The maximum atomic E-state index is 14.5. The largest absolute Gasteiger partial charge is 0.465 e. The van der Waals surface area contributed by atoms with E-state index in [9.17, 15) is 36.3 Å². The van der Waals surface area contributed by atoms with Gasteiger partial charge in [-0.15, -0.1) is 0 Å². The Hall–Kier alpha value is -4.59. The number of esters is 1. The van der Waals surface area contributed by atoms with Crippen LogP contribution in [0.25, 0.3) is 0 Å². The number of ether oxygens (including phenoxy) is 1. The van der Waals surface area contributed by atoms with Crippen LogP contribution in [-0.4, -0.2) is 46.0 Å². The van der Waals surface area contributed by atoms with Gasteiger partial charge in [0, 0.05) is 5.69 Å². The second kappa shape index (κ2) is 11.7. The molecule has 1 fully saturated rings. The molecule has 2 N–H and O–H groups in total. The first-order valence-electron chi connectivity index (χ1n) is 11.5. The second-order valence-electron chi connectivity index (χ2n) is 8.46. The van der Waals surface area contributed by atoms with Gasteiger partial charge < -0.3 is 10.1 Å². The van der Waals surface area contributed by atoms with E-state index in [2.05, 4.69) is 10.1 Å². The summed E-state index contributed by atoms with van der Waals surface area (Å²) in [4.78, 5) is 38.8. The number of hydrazine groups is 1. The molecule has 208 valence electrons. The molecule has 40 heavy (non-hydrogen) atoms. The molecule has 1 atom stereocenters. The van der Waals surface area contributed by atoms with Crippen molar-refractivity contribution in [2.45, 2.75) is 19.0 Å². The Balaban J connectivity index is 1.62. The molecule has 14 heteroatoms. The molecule has 0 aromatic heterocycles. The van der Waals surface area contributed by atoms with Gasteiger partial charge in [0.25, 0.3) is 5.91 Å². The van der Waals surface area contributed by atoms with Gasteiger partial charge in [-0.2, -0.15) is 0 Å². The molecule has 1 heterocycles. The van der Waals surface area contributed by atoms with Gasteiger partial charge in [-0.1, -0.05) is 30.3 Å². The average molecular weight is 579 g/mol. The standard InChI is InChI=1S/C26H19F5N4O4S/c1-39-25(38)14-7-9-15(10-8-14)32-17(36)11-16-24(37)34(12-13-5-3-2-4-6-13)26(40)35(16)33-23-21(30)19(28)18(27)20(29)22(23)31/h2-10,16,33H,11-12H2,1H3,(H,32,36). The number of carbonyl (C=O) groups is 3. The SMILES string of the molecule is COC(=O)c1ccc(NC(=O)CC2C(=O)N(Cc3ccccc3)C(=S)N2Nc2c(F)c(F)c(F)c(F)c2F)cc1. The van der Waals surface area contributed by atoms with Crippen molar-refractivity contribution in [3.63, 3.8) is 0 Å². The molecule has 3 aromatic rings. The highest BCUT2D eigenvalue weighted by molar-refractivity contribution is 7.80. The predicted octanol–water partition coefficient (Wildman–Crippen LogP) is 4.52. The molecule has 4 rings (SSSR count). The highest BCUT2D eigenvalue weighted by Gasteiger charge is 2.45. The summed E-state index contributed by atoms with van der Waals surface area (Å²) in [5.74, 6) is -13.2. The van der Waals surface area contributed by atoms with Gasteiger partial charge in [0.2, 0.25) is 11.7 Å². The lowest BCUT2D eigenvalue weighted by Crippen LogP contribution is -2.42. The molecule has 1 saturated heterocycles. The van der Waals surface area contributed by atoms with E-state index in [-0.39, 0.29) is 22.9 Å². The minimum atomic E-state index is -2.36. The third-order valence-electron chi connectivity index (χ3n) is 5.89. The number of amides is 2. The summed E-state index contributed by atoms with van der Waals surface area (Å²) in [5, 5.41) is 2.85. The van der Waals surface area contributed by atoms with E-state index in [4.69, 9.17) is 12.2 Å². The number of benzene rings is 3. The summed E-state index contributed by atoms with van der Waals surface area (Å²) >= 11 is 5.31. The first kappa shape index (κ1) is 28.4. The quantitative estimate of drug-likeness (QED) is 0.134. The van der Waals surface area contributed by atoms with Crippen LogP contribution in [0.3, 0.4) is 0 Å². The normalized spacial score (nSPS) is 14.9. The van der Waals surface area contributed by atoms with Gasteiger partial charge in [0.1, 0.15) is 11.7 Å². The van der Waals surface area contributed by atoms with Gasteiger partial charge >= 0.3 is 5.97 Å². The first-order chi connectivity index (χ1) is 19.0. The van der Waals surface area contributed by atoms with Gasteiger partial charge in [-0.3, -0.25) is 19.9 Å². The van der Waals surface area contributed by atoms with Crippen molar-refractivity contribution < 1.29 is 41.1 Å². The fourth-order valence-corrected chi connectivity index (χ4v) is 4.21. The fourth-order valence-electron chi connectivity index (χ4n) is 3.88. The molecular formula is C26H19F5N4O4S. The van der Waals surface area contributed by atoms with Crippen LogP contribution in [0.4, 0.5) is 33.3 Å². The molecule has 0 spiro atoms. The maximum absolute atomic E-state index is 14.5. The highest BCUT2D eigenvalue weighted by Crippen LogP contribution is 2.31. The zero-order valence-corrected chi connectivity index (χ0v) is 21.3. The average Bonchev–Trinajstić information content (AvgIpc) is 3.17. The number of halogens is 5. The van der Waals surface area contributed by atoms with E-state index in [1.165, 1.54) is 31.4 Å². The molecule has 3 aromatic carbocycles. The zero-order valence-electron chi connectivity index (χ0n) is 20.5. The van der Waals surface area contributed by atoms with Crippen LogP contribution in [0, 0.1) is 29.1 Å². The number of rotatable bonds is 8. The van der Waals surface area contributed by atoms with E-state index in [1.54, 1.807) is 30.3 Å². The minimum Gasteiger partial charge on any atom is -0.465 e. The van der Waals surface area contributed by atoms with Gasteiger partial charge in [0.05, 0.1) is 25.6 Å². The summed E-state index contributed by atoms with van der Waals surface area (Å²) in [6.45, 7) is -0.0963. The number of nitrogens with zero attached hydrogens (tertiary/aromatic N) is 2. The van der Waals surface area contributed by atoms with Crippen molar-refractivity contribution in [1.82, 2.24) is 9.91 Å². The number of carbonyl (C=O) groups excluding carboxylic acids is 3. The zero-order chi connectivity index (χ0) is 29.1. The number of hydrogen-bond acceptors (Lipinski definition) is 6. The molecule has 0 aliphatic carbocycles. The first-order valence-corrected chi connectivity index (χ1v) is 11.9. The summed E-state index contributed by atoms with van der Waals surface area (Å²) in [5.41, 5.74) is 1.65. The second-order valence-corrected chi connectivity index (χ2v) is 8.82. The molecular weight excluding hydrogens is 559 g/mol. The van der Waals surface area contributed by atoms with Crippen molar-refractivity contribution in [3.8, 4) is 0 Å². The lowest BCUT2D eigenvalue weighted by atomic mass is 10.1. The molecule has 1 aliphatic heterocycles. The Morgan fingerprint density at radius 2 is 1.48 bits per heavy atom. The lowest BCUT2D eigenvalue weighted by molar-refractivity contribution is -0.130. The van der Waals surface area contributed by atoms with Crippen LogP contribution in [0.1, 0.15) is 22.3 Å². The van der Waals surface area contributed by atoms with Gasteiger partial charge in [-0.25, -0.2) is 31.8 Å². The number of anilines is 2. The Bertz CT molecular complexity index is 1460. The topological polar surface area (TPSA) is 91.0 Å². The third-order valence-corrected chi connectivity index (χ3v) is 6.31. The number of hydrogen-bond donors (Lipinski definition) is 2. The number of methoxy groups -OCH3 is 1. The van der Waals surface area contributed by atoms with E-state index >= 15 is 0 Å². The van der Waals surface area contributed by atoms with Crippen LogP contribution >= 0.6 is 12.2 Å². The molecule has 8 nitrogen and oxygen atoms in total. The molecule has 1 aliphatic rings. The van der Waals surface area contributed by atoms with E-state index < -0.39 is 65.0 Å². The van der Waals surface area contributed by atoms with Crippen LogP contribution < -0.4 is 10.7 Å². The van der Waals surface area contributed by atoms with Crippen molar-refractivity contribution >= 4 is 46.5 Å². The molecule has 0 radical (unpaired) electrons. The Labute approximate surface area is 229 Å².